The van der Waals surface area contributed by atoms with Gasteiger partial charge < -0.3 is 15.4 Å². The first-order valence-electron chi connectivity index (χ1n) is 8.06. The Morgan fingerprint density at radius 2 is 1.83 bits per heavy atom. The zero-order valence-corrected chi connectivity index (χ0v) is 17.4. The van der Waals surface area contributed by atoms with Crippen LogP contribution in [-0.2, 0) is 14.9 Å². The molecule has 0 bridgehead atoms. The number of nitrogens with one attached hydrogen (secondary N) is 2. The van der Waals surface area contributed by atoms with E-state index in [-0.39, 0.29) is 35.4 Å². The molecule has 0 aliphatic rings. The van der Waals surface area contributed by atoms with E-state index < -0.39 is 0 Å². The van der Waals surface area contributed by atoms with E-state index in [0.717, 1.165) is 31.9 Å². The van der Waals surface area contributed by atoms with Crippen molar-refractivity contribution in [1.82, 2.24) is 10.6 Å². The van der Waals surface area contributed by atoms with Crippen molar-refractivity contribution in [2.75, 3.05) is 27.2 Å². The van der Waals surface area contributed by atoms with Crippen LogP contribution in [0.5, 0.6) is 0 Å². The maximum atomic E-state index is 11.0. The molecule has 0 fully saturated rings. The highest BCUT2D eigenvalue weighted by Gasteiger charge is 2.20. The Morgan fingerprint density at radius 3 is 2.42 bits per heavy atom. The van der Waals surface area contributed by atoms with Crippen LogP contribution in [0.2, 0.25) is 0 Å². The second kappa shape index (κ2) is 12.1. The van der Waals surface area contributed by atoms with E-state index in [1.54, 1.807) is 7.05 Å². The van der Waals surface area contributed by atoms with Crippen molar-refractivity contribution in [3.63, 3.8) is 0 Å². The van der Waals surface area contributed by atoms with Crippen molar-refractivity contribution in [2.45, 2.75) is 38.5 Å². The molecule has 1 aromatic carbocycles. The molecule has 1 rings (SSSR count). The van der Waals surface area contributed by atoms with Crippen LogP contribution in [0.3, 0.4) is 0 Å². The van der Waals surface area contributed by atoms with E-state index in [0.29, 0.717) is 6.42 Å². The maximum Gasteiger partial charge on any atom is 0.305 e. The second-order valence-corrected chi connectivity index (χ2v) is 6.14. The summed E-state index contributed by atoms with van der Waals surface area (Å²) in [7, 11) is 3.18. The van der Waals surface area contributed by atoms with Gasteiger partial charge in [-0.2, -0.15) is 0 Å². The summed E-state index contributed by atoms with van der Waals surface area (Å²) >= 11 is 0. The van der Waals surface area contributed by atoms with Crippen LogP contribution < -0.4 is 10.6 Å². The van der Waals surface area contributed by atoms with E-state index in [1.165, 1.54) is 12.7 Å². The SMILES string of the molecule is CN=C(NCCCCC(=O)OC)NCC(C)(C)c1ccccc1.I. The molecule has 0 saturated carbocycles. The number of guanidine groups is 1. The molecule has 24 heavy (non-hydrogen) atoms. The molecule has 0 aliphatic heterocycles. The number of hydrogen-bond acceptors (Lipinski definition) is 3. The fourth-order valence-electron chi connectivity index (χ4n) is 2.22. The first-order chi connectivity index (χ1) is 11.0. The second-order valence-electron chi connectivity index (χ2n) is 6.14. The van der Waals surface area contributed by atoms with Crippen molar-refractivity contribution in [3.05, 3.63) is 35.9 Å². The Balaban J connectivity index is 0.00000529. The number of benzene rings is 1. The number of halogens is 1. The van der Waals surface area contributed by atoms with Crippen LogP contribution in [-0.4, -0.2) is 39.2 Å². The third-order valence-corrected chi connectivity index (χ3v) is 3.80. The van der Waals surface area contributed by atoms with Crippen molar-refractivity contribution < 1.29 is 9.53 Å². The lowest BCUT2D eigenvalue weighted by molar-refractivity contribution is -0.140. The number of esters is 1. The van der Waals surface area contributed by atoms with Crippen molar-refractivity contribution in [2.24, 2.45) is 4.99 Å². The number of aliphatic imine (C=N–C) groups is 1. The Morgan fingerprint density at radius 1 is 1.17 bits per heavy atom. The number of carbonyl (C=O) groups excluding carboxylic acids is 1. The Labute approximate surface area is 162 Å². The highest BCUT2D eigenvalue weighted by Crippen LogP contribution is 2.21. The minimum Gasteiger partial charge on any atom is -0.469 e. The first kappa shape index (κ1) is 22.7. The van der Waals surface area contributed by atoms with Crippen LogP contribution in [0.4, 0.5) is 0 Å². The van der Waals surface area contributed by atoms with Gasteiger partial charge in [-0.15, -0.1) is 24.0 Å². The summed E-state index contributed by atoms with van der Waals surface area (Å²) in [6, 6.07) is 10.4. The zero-order valence-electron chi connectivity index (χ0n) is 15.1. The molecule has 0 saturated heterocycles. The number of ether oxygens (including phenoxy) is 1. The van der Waals surface area contributed by atoms with E-state index in [1.807, 2.05) is 6.07 Å². The predicted octanol–water partition coefficient (Wildman–Crippen LogP) is 3.09. The molecular formula is C18H30IN3O2. The van der Waals surface area contributed by atoms with Crippen LogP contribution in [0.15, 0.2) is 35.3 Å². The fourth-order valence-corrected chi connectivity index (χ4v) is 2.22. The normalized spacial score (nSPS) is 11.4. The zero-order chi connectivity index (χ0) is 17.1. The van der Waals surface area contributed by atoms with E-state index >= 15 is 0 Å². The third kappa shape index (κ3) is 8.52. The lowest BCUT2D eigenvalue weighted by Gasteiger charge is -2.26. The van der Waals surface area contributed by atoms with Gasteiger partial charge in [0.1, 0.15) is 0 Å². The molecule has 0 heterocycles. The van der Waals surface area contributed by atoms with E-state index in [2.05, 4.69) is 58.5 Å². The molecular weight excluding hydrogens is 417 g/mol. The van der Waals surface area contributed by atoms with Gasteiger partial charge >= 0.3 is 5.97 Å². The molecule has 0 aliphatic carbocycles. The Bertz CT molecular complexity index is 504. The van der Waals surface area contributed by atoms with Gasteiger partial charge in [0.25, 0.3) is 0 Å². The molecule has 2 N–H and O–H groups in total. The minimum atomic E-state index is -0.155. The van der Waals surface area contributed by atoms with E-state index in [4.69, 9.17) is 0 Å². The van der Waals surface area contributed by atoms with Gasteiger partial charge in [-0.3, -0.25) is 9.79 Å². The van der Waals surface area contributed by atoms with Gasteiger partial charge in [0.2, 0.25) is 0 Å². The molecule has 0 unspecified atom stereocenters. The third-order valence-electron chi connectivity index (χ3n) is 3.80. The number of nitrogens with zero attached hydrogens (tertiary/aromatic N) is 1. The smallest absolute Gasteiger partial charge is 0.305 e. The van der Waals surface area contributed by atoms with Crippen molar-refractivity contribution in [3.8, 4) is 0 Å². The Hall–Kier alpha value is -1.31. The molecule has 5 nitrogen and oxygen atoms in total. The largest absolute Gasteiger partial charge is 0.469 e. The molecule has 6 heteroatoms. The first-order valence-corrected chi connectivity index (χ1v) is 8.06. The maximum absolute atomic E-state index is 11.0. The van der Waals surface area contributed by atoms with Gasteiger partial charge in [0.05, 0.1) is 7.11 Å². The van der Waals surface area contributed by atoms with Crippen molar-refractivity contribution >= 4 is 35.9 Å². The average Bonchev–Trinajstić information content (AvgIpc) is 2.57. The number of unbranched alkanes of at least 4 members (excludes halogenated alkanes) is 1. The standard InChI is InChI=1S/C18H29N3O2.HI/c1-18(2,15-10-6-5-7-11-15)14-21-17(19-3)20-13-9-8-12-16(22)23-4;/h5-7,10-11H,8-9,12-14H2,1-4H3,(H2,19,20,21);1H. The summed E-state index contributed by atoms with van der Waals surface area (Å²) in [4.78, 5) is 15.3. The molecule has 0 aromatic heterocycles. The quantitative estimate of drug-likeness (QED) is 0.211. The lowest BCUT2D eigenvalue weighted by Crippen LogP contribution is -2.43. The molecule has 1 aromatic rings. The predicted molar refractivity (Wildman–Crippen MR) is 110 cm³/mol. The van der Waals surface area contributed by atoms with Gasteiger partial charge in [-0.25, -0.2) is 0 Å². The monoisotopic (exact) mass is 447 g/mol. The topological polar surface area (TPSA) is 62.7 Å². The summed E-state index contributed by atoms with van der Waals surface area (Å²) in [5.41, 5.74) is 1.31. The van der Waals surface area contributed by atoms with Gasteiger partial charge in [0.15, 0.2) is 5.96 Å². The highest BCUT2D eigenvalue weighted by molar-refractivity contribution is 14.0. The summed E-state index contributed by atoms with van der Waals surface area (Å²) < 4.78 is 4.62. The van der Waals surface area contributed by atoms with Crippen LogP contribution >= 0.6 is 24.0 Å². The summed E-state index contributed by atoms with van der Waals surface area (Å²) in [6.07, 6.45) is 2.18. The highest BCUT2D eigenvalue weighted by atomic mass is 127. The average molecular weight is 447 g/mol. The van der Waals surface area contributed by atoms with Crippen LogP contribution in [0, 0.1) is 0 Å². The van der Waals surface area contributed by atoms with Crippen molar-refractivity contribution in [1.29, 1.82) is 0 Å². The van der Waals surface area contributed by atoms with Crippen LogP contribution in [0.25, 0.3) is 0 Å². The Kier molecular flexibility index (Phi) is 11.4. The molecule has 136 valence electrons. The van der Waals surface area contributed by atoms with Crippen LogP contribution in [0.1, 0.15) is 38.7 Å². The van der Waals surface area contributed by atoms with Gasteiger partial charge in [-0.1, -0.05) is 44.2 Å². The number of carbonyl (C=O) groups is 1. The minimum absolute atomic E-state index is 0. The lowest BCUT2D eigenvalue weighted by atomic mass is 9.85. The molecule has 0 spiro atoms. The van der Waals surface area contributed by atoms with Gasteiger partial charge in [0, 0.05) is 32.0 Å². The summed E-state index contributed by atoms with van der Waals surface area (Å²) in [5.74, 6) is 0.629. The number of rotatable bonds is 8. The van der Waals surface area contributed by atoms with E-state index in [9.17, 15) is 4.79 Å². The van der Waals surface area contributed by atoms with Gasteiger partial charge in [-0.05, 0) is 18.4 Å². The fraction of sp³-hybridized carbons (Fsp3) is 0.556. The summed E-state index contributed by atoms with van der Waals surface area (Å²) in [5, 5.41) is 6.64. The number of methoxy groups -OCH3 is 1. The molecule has 0 radical (unpaired) electrons. The molecule has 0 amide bonds. The molecule has 0 atom stereocenters. The number of hydrogen-bond donors (Lipinski definition) is 2. The summed E-state index contributed by atoms with van der Waals surface area (Å²) in [6.45, 7) is 5.99.